The highest BCUT2D eigenvalue weighted by Gasteiger charge is 2.20. The standard InChI is InChI=1S/C27H30N4O5/c1-18-8-4-5-10-22(18)29-27(35)30-23-12-11-20(16-24(23)36-3)26(28-19(2)32)21-9-6-7-14-31(17-21)15-13-25(33)34/h4-12,14,16-17,26H,13,15H2,1-3H3,(H,28,32)(H,33,34)(H2,29,30,35). The lowest BCUT2D eigenvalue weighted by Gasteiger charge is -2.23. The van der Waals surface area contributed by atoms with Gasteiger partial charge in [0.25, 0.3) is 0 Å². The zero-order valence-electron chi connectivity index (χ0n) is 20.4. The van der Waals surface area contributed by atoms with Crippen LogP contribution in [0.3, 0.4) is 0 Å². The fourth-order valence-corrected chi connectivity index (χ4v) is 3.68. The molecule has 36 heavy (non-hydrogen) atoms. The smallest absolute Gasteiger partial charge is 0.323 e. The number of urea groups is 1. The number of ether oxygens (including phenoxy) is 1. The maximum absolute atomic E-state index is 12.6. The van der Waals surface area contributed by atoms with E-state index < -0.39 is 18.0 Å². The monoisotopic (exact) mass is 490 g/mol. The highest BCUT2D eigenvalue weighted by atomic mass is 16.5. The first-order valence-electron chi connectivity index (χ1n) is 11.4. The zero-order chi connectivity index (χ0) is 26.1. The van der Waals surface area contributed by atoms with Crippen molar-refractivity contribution in [2.24, 2.45) is 0 Å². The molecule has 0 bridgehead atoms. The lowest BCUT2D eigenvalue weighted by atomic mass is 9.97. The third-order valence-electron chi connectivity index (χ3n) is 5.46. The van der Waals surface area contributed by atoms with Gasteiger partial charge in [-0.3, -0.25) is 9.59 Å². The molecule has 0 aliphatic carbocycles. The van der Waals surface area contributed by atoms with E-state index in [4.69, 9.17) is 9.84 Å². The normalized spacial score (nSPS) is 13.3. The van der Waals surface area contributed by atoms with Gasteiger partial charge in [-0.15, -0.1) is 0 Å². The first kappa shape index (κ1) is 26.1. The Morgan fingerprint density at radius 3 is 2.50 bits per heavy atom. The maximum atomic E-state index is 12.6. The van der Waals surface area contributed by atoms with Gasteiger partial charge in [-0.1, -0.05) is 36.4 Å². The molecule has 1 unspecified atom stereocenters. The van der Waals surface area contributed by atoms with Crippen LogP contribution >= 0.6 is 0 Å². The van der Waals surface area contributed by atoms with Gasteiger partial charge in [0.2, 0.25) is 5.91 Å². The number of anilines is 2. The van der Waals surface area contributed by atoms with Crippen LogP contribution in [0, 0.1) is 6.92 Å². The van der Waals surface area contributed by atoms with Crippen molar-refractivity contribution in [2.75, 3.05) is 24.3 Å². The maximum Gasteiger partial charge on any atom is 0.323 e. The van der Waals surface area contributed by atoms with Crippen molar-refractivity contribution in [1.82, 2.24) is 10.2 Å². The minimum absolute atomic E-state index is 0.0301. The van der Waals surface area contributed by atoms with Crippen molar-refractivity contribution >= 4 is 29.3 Å². The molecule has 0 spiro atoms. The number of carbonyl (C=O) groups is 3. The van der Waals surface area contributed by atoms with Crippen LogP contribution in [0.15, 0.2) is 78.7 Å². The Morgan fingerprint density at radius 2 is 1.81 bits per heavy atom. The first-order chi connectivity index (χ1) is 17.3. The van der Waals surface area contributed by atoms with Crippen LogP contribution in [0.25, 0.3) is 0 Å². The minimum Gasteiger partial charge on any atom is -0.495 e. The predicted molar refractivity (Wildman–Crippen MR) is 139 cm³/mol. The van der Waals surface area contributed by atoms with Crippen LogP contribution < -0.4 is 20.7 Å². The van der Waals surface area contributed by atoms with E-state index >= 15 is 0 Å². The number of nitrogens with one attached hydrogen (secondary N) is 3. The van der Waals surface area contributed by atoms with Gasteiger partial charge in [0.1, 0.15) is 5.75 Å². The summed E-state index contributed by atoms with van der Waals surface area (Å²) in [5, 5.41) is 17.6. The number of para-hydroxylation sites is 1. The van der Waals surface area contributed by atoms with Gasteiger partial charge in [-0.25, -0.2) is 4.79 Å². The Hall–Kier alpha value is -4.53. The van der Waals surface area contributed by atoms with Gasteiger partial charge in [-0.2, -0.15) is 0 Å². The van der Waals surface area contributed by atoms with E-state index in [1.165, 1.54) is 14.0 Å². The summed E-state index contributed by atoms with van der Waals surface area (Å²) in [7, 11) is 1.50. The van der Waals surface area contributed by atoms with Crippen molar-refractivity contribution < 1.29 is 24.2 Å². The summed E-state index contributed by atoms with van der Waals surface area (Å²) < 4.78 is 5.53. The Bertz CT molecular complexity index is 1220. The minimum atomic E-state index is -0.895. The molecule has 1 heterocycles. The van der Waals surface area contributed by atoms with Crippen molar-refractivity contribution in [3.05, 3.63) is 89.8 Å². The highest BCUT2D eigenvalue weighted by molar-refractivity contribution is 6.01. The predicted octanol–water partition coefficient (Wildman–Crippen LogP) is 4.57. The number of carboxylic acids is 1. The Morgan fingerprint density at radius 1 is 1.06 bits per heavy atom. The van der Waals surface area contributed by atoms with E-state index in [0.717, 1.165) is 16.7 Å². The van der Waals surface area contributed by atoms with Crippen molar-refractivity contribution in [3.63, 3.8) is 0 Å². The van der Waals surface area contributed by atoms with Crippen molar-refractivity contribution in [2.45, 2.75) is 26.3 Å². The van der Waals surface area contributed by atoms with Gasteiger partial charge in [0, 0.05) is 31.6 Å². The SMILES string of the molecule is COc1cc(C(NC(C)=O)C2=CN(CCC(=O)O)C=CC=C2)ccc1NC(=O)Nc1ccccc1C. The van der Waals surface area contributed by atoms with Gasteiger partial charge in [0.15, 0.2) is 0 Å². The second kappa shape index (κ2) is 12.3. The second-order valence-corrected chi connectivity index (χ2v) is 8.20. The fraction of sp³-hybridized carbons (Fsp3) is 0.222. The number of benzene rings is 2. The number of hydrogen-bond donors (Lipinski definition) is 4. The topological polar surface area (TPSA) is 120 Å². The fourth-order valence-electron chi connectivity index (χ4n) is 3.68. The Labute approximate surface area is 210 Å². The average Bonchev–Trinajstić information content (AvgIpc) is 3.08. The largest absolute Gasteiger partial charge is 0.495 e. The average molecular weight is 491 g/mol. The van der Waals surface area contributed by atoms with Gasteiger partial charge < -0.3 is 30.7 Å². The molecule has 0 saturated heterocycles. The van der Waals surface area contributed by atoms with Crippen LogP contribution in [0.2, 0.25) is 0 Å². The molecule has 2 aromatic rings. The van der Waals surface area contributed by atoms with Crippen LogP contribution in [0.4, 0.5) is 16.2 Å². The number of amides is 3. The highest BCUT2D eigenvalue weighted by Crippen LogP contribution is 2.32. The Balaban J connectivity index is 1.86. The molecule has 0 radical (unpaired) electrons. The Kier molecular flexibility index (Phi) is 8.88. The number of aliphatic carboxylic acids is 1. The molecule has 0 fully saturated rings. The zero-order valence-corrected chi connectivity index (χ0v) is 20.4. The third kappa shape index (κ3) is 7.23. The molecule has 3 amide bonds. The molecule has 9 heteroatoms. The van der Waals surface area contributed by atoms with Crippen LogP contribution in [-0.2, 0) is 9.59 Å². The number of allylic oxidation sites excluding steroid dienone is 2. The summed E-state index contributed by atoms with van der Waals surface area (Å²) in [6.45, 7) is 3.62. The quantitative estimate of drug-likeness (QED) is 0.409. The third-order valence-corrected chi connectivity index (χ3v) is 5.46. The van der Waals surface area contributed by atoms with Crippen molar-refractivity contribution in [1.29, 1.82) is 0 Å². The first-order valence-corrected chi connectivity index (χ1v) is 11.4. The summed E-state index contributed by atoms with van der Waals surface area (Å²) in [6.07, 6.45) is 9.03. The molecular weight excluding hydrogens is 460 g/mol. The lowest BCUT2D eigenvalue weighted by Crippen LogP contribution is -2.28. The summed E-state index contributed by atoms with van der Waals surface area (Å²) in [5.41, 5.74) is 3.57. The van der Waals surface area contributed by atoms with E-state index in [2.05, 4.69) is 16.0 Å². The lowest BCUT2D eigenvalue weighted by molar-refractivity contribution is -0.137. The van der Waals surface area contributed by atoms with Crippen LogP contribution in [0.1, 0.15) is 30.5 Å². The molecule has 1 atom stereocenters. The molecule has 188 valence electrons. The molecule has 0 aromatic heterocycles. The molecule has 4 N–H and O–H groups in total. The van der Waals surface area contributed by atoms with Crippen LogP contribution in [-0.4, -0.2) is 41.6 Å². The van der Waals surface area contributed by atoms with Crippen LogP contribution in [0.5, 0.6) is 5.75 Å². The number of nitrogens with zero attached hydrogens (tertiary/aromatic N) is 1. The number of methoxy groups -OCH3 is 1. The number of hydrogen-bond acceptors (Lipinski definition) is 5. The van der Waals surface area contributed by atoms with Gasteiger partial charge in [0.05, 0.1) is 25.3 Å². The van der Waals surface area contributed by atoms with E-state index in [1.807, 2.05) is 43.3 Å². The van der Waals surface area contributed by atoms with E-state index in [1.54, 1.807) is 41.6 Å². The molecule has 1 aliphatic rings. The molecule has 9 nitrogen and oxygen atoms in total. The molecule has 1 aliphatic heterocycles. The number of aryl methyl sites for hydroxylation is 1. The summed E-state index contributed by atoms with van der Waals surface area (Å²) in [4.78, 5) is 37.4. The summed E-state index contributed by atoms with van der Waals surface area (Å²) in [5.74, 6) is -0.711. The number of carboxylic acid groups (broad SMARTS) is 1. The van der Waals surface area contributed by atoms with Crippen molar-refractivity contribution in [3.8, 4) is 5.75 Å². The second-order valence-electron chi connectivity index (χ2n) is 8.20. The van der Waals surface area contributed by atoms with E-state index in [9.17, 15) is 14.4 Å². The molecule has 0 saturated carbocycles. The van der Waals surface area contributed by atoms with E-state index in [0.29, 0.717) is 17.1 Å². The van der Waals surface area contributed by atoms with Gasteiger partial charge >= 0.3 is 12.0 Å². The summed E-state index contributed by atoms with van der Waals surface area (Å²) in [6, 6.07) is 11.8. The number of rotatable bonds is 9. The molecular formula is C27H30N4O5. The molecule has 3 rings (SSSR count). The summed E-state index contributed by atoms with van der Waals surface area (Å²) >= 11 is 0. The molecule has 2 aromatic carbocycles. The number of carbonyl (C=O) groups excluding carboxylic acids is 2. The van der Waals surface area contributed by atoms with Gasteiger partial charge in [-0.05, 0) is 47.9 Å². The van der Waals surface area contributed by atoms with E-state index in [-0.39, 0.29) is 18.9 Å².